The van der Waals surface area contributed by atoms with Crippen molar-refractivity contribution in [3.63, 3.8) is 0 Å². The van der Waals surface area contributed by atoms with Crippen molar-refractivity contribution in [2.45, 2.75) is 40.2 Å². The van der Waals surface area contributed by atoms with Gasteiger partial charge in [0.25, 0.3) is 0 Å². The fraction of sp³-hybridized carbons (Fsp3) is 0.636. The van der Waals surface area contributed by atoms with Crippen LogP contribution in [0, 0.1) is 8.99 Å². The summed E-state index contributed by atoms with van der Waals surface area (Å²) in [6.45, 7) is 8.87. The van der Waals surface area contributed by atoms with Gasteiger partial charge in [-0.1, -0.05) is 20.8 Å². The van der Waals surface area contributed by atoms with Crippen molar-refractivity contribution in [3.05, 3.63) is 16.0 Å². The lowest BCUT2D eigenvalue weighted by atomic mass is 9.89. The van der Waals surface area contributed by atoms with Crippen molar-refractivity contribution in [1.29, 1.82) is 0 Å². The zero-order valence-electron chi connectivity index (χ0n) is 9.71. The molecule has 1 heterocycles. The summed E-state index contributed by atoms with van der Waals surface area (Å²) < 4.78 is 1.06. The maximum atomic E-state index is 4.22. The molecule has 0 saturated carbocycles. The summed E-state index contributed by atoms with van der Waals surface area (Å²) in [7, 11) is 0. The van der Waals surface area contributed by atoms with Crippen LogP contribution in [0.2, 0.25) is 0 Å². The molecule has 0 spiro atoms. The number of halogens is 1. The Balaban J connectivity index is 2.51. The van der Waals surface area contributed by atoms with Crippen LogP contribution in [0.5, 0.6) is 0 Å². The van der Waals surface area contributed by atoms with Gasteiger partial charge < -0.3 is 5.32 Å². The molecule has 1 rings (SSSR count). The minimum absolute atomic E-state index is 0.329. The molecule has 1 aromatic rings. The van der Waals surface area contributed by atoms with Gasteiger partial charge >= 0.3 is 0 Å². The summed E-state index contributed by atoms with van der Waals surface area (Å²) in [6, 6.07) is 0.394. The van der Waals surface area contributed by atoms with E-state index in [2.05, 4.69) is 65.6 Å². The highest BCUT2D eigenvalue weighted by atomic mass is 127. The molecule has 0 aliphatic carbocycles. The van der Waals surface area contributed by atoms with E-state index in [0.29, 0.717) is 17.4 Å². The summed E-state index contributed by atoms with van der Waals surface area (Å²) >= 11 is 2.20. The zero-order chi connectivity index (χ0) is 11.5. The third-order valence-corrected chi connectivity index (χ3v) is 2.47. The summed E-state index contributed by atoms with van der Waals surface area (Å²) in [5.41, 5.74) is 0.329. The van der Waals surface area contributed by atoms with E-state index in [-0.39, 0.29) is 0 Å². The van der Waals surface area contributed by atoms with Crippen LogP contribution in [-0.4, -0.2) is 16.0 Å². The van der Waals surface area contributed by atoms with Gasteiger partial charge in [0.05, 0.1) is 0 Å². The fourth-order valence-corrected chi connectivity index (χ4v) is 1.86. The highest BCUT2D eigenvalue weighted by Gasteiger charge is 2.15. The second-order valence-electron chi connectivity index (χ2n) is 5.04. The number of hydrogen-bond donors (Lipinski definition) is 1. The maximum absolute atomic E-state index is 4.22. The molecule has 0 aliphatic heterocycles. The first kappa shape index (κ1) is 12.7. The van der Waals surface area contributed by atoms with Crippen LogP contribution in [0.25, 0.3) is 0 Å². The molecular formula is C11H18IN3. The van der Waals surface area contributed by atoms with Gasteiger partial charge in [-0.25, -0.2) is 9.97 Å². The second kappa shape index (κ2) is 5.09. The van der Waals surface area contributed by atoms with Gasteiger partial charge in [0.1, 0.15) is 0 Å². The zero-order valence-corrected chi connectivity index (χ0v) is 11.9. The van der Waals surface area contributed by atoms with Gasteiger partial charge in [-0.2, -0.15) is 0 Å². The molecule has 0 fully saturated rings. The van der Waals surface area contributed by atoms with Crippen LogP contribution in [0.3, 0.4) is 0 Å². The van der Waals surface area contributed by atoms with E-state index in [1.807, 2.05) is 12.4 Å². The predicted octanol–water partition coefficient (Wildman–Crippen LogP) is 3.32. The first-order valence-corrected chi connectivity index (χ1v) is 6.19. The number of aromatic nitrogens is 2. The van der Waals surface area contributed by atoms with Crippen molar-refractivity contribution in [2.24, 2.45) is 5.41 Å². The Hall–Kier alpha value is -0.390. The van der Waals surface area contributed by atoms with Crippen LogP contribution in [0.15, 0.2) is 12.4 Å². The summed E-state index contributed by atoms with van der Waals surface area (Å²) in [5.74, 6) is 0.715. The van der Waals surface area contributed by atoms with Crippen LogP contribution < -0.4 is 5.32 Å². The lowest BCUT2D eigenvalue weighted by Gasteiger charge is -2.23. The molecule has 1 unspecified atom stereocenters. The number of rotatable bonds is 3. The van der Waals surface area contributed by atoms with E-state index < -0.39 is 0 Å². The smallest absolute Gasteiger partial charge is 0.222 e. The van der Waals surface area contributed by atoms with Gasteiger partial charge in [0.15, 0.2) is 0 Å². The van der Waals surface area contributed by atoms with E-state index >= 15 is 0 Å². The lowest BCUT2D eigenvalue weighted by molar-refractivity contribution is 0.357. The predicted molar refractivity (Wildman–Crippen MR) is 71.9 cm³/mol. The van der Waals surface area contributed by atoms with Gasteiger partial charge in [-0.05, 0) is 41.4 Å². The monoisotopic (exact) mass is 319 g/mol. The quantitative estimate of drug-likeness (QED) is 0.869. The molecule has 0 saturated heterocycles. The average Bonchev–Trinajstić information content (AvgIpc) is 2.05. The minimum atomic E-state index is 0.329. The van der Waals surface area contributed by atoms with E-state index in [1.54, 1.807) is 0 Å². The Morgan fingerprint density at radius 2 is 1.87 bits per heavy atom. The Bertz CT molecular complexity index is 303. The van der Waals surface area contributed by atoms with Crippen molar-refractivity contribution >= 4 is 28.5 Å². The third-order valence-electron chi connectivity index (χ3n) is 1.91. The standard InChI is InChI=1S/C11H18IN3/c1-8(5-11(2,3)4)15-10-13-6-9(12)7-14-10/h6-8H,5H2,1-4H3,(H,13,14,15). The molecule has 4 heteroatoms. The molecule has 0 radical (unpaired) electrons. The molecule has 0 amide bonds. The largest absolute Gasteiger partial charge is 0.352 e. The molecule has 84 valence electrons. The van der Waals surface area contributed by atoms with E-state index in [1.165, 1.54) is 0 Å². The molecule has 15 heavy (non-hydrogen) atoms. The molecule has 3 nitrogen and oxygen atoms in total. The third kappa shape index (κ3) is 5.30. The Morgan fingerprint density at radius 1 is 1.33 bits per heavy atom. The lowest BCUT2D eigenvalue weighted by Crippen LogP contribution is -2.23. The van der Waals surface area contributed by atoms with Crippen molar-refractivity contribution < 1.29 is 0 Å². The van der Waals surface area contributed by atoms with E-state index in [0.717, 1.165) is 9.99 Å². The number of anilines is 1. The topological polar surface area (TPSA) is 37.8 Å². The summed E-state index contributed by atoms with van der Waals surface area (Å²) in [5, 5.41) is 3.30. The SMILES string of the molecule is CC(CC(C)(C)C)Nc1ncc(I)cn1. The Morgan fingerprint density at radius 3 is 2.33 bits per heavy atom. The van der Waals surface area contributed by atoms with Gasteiger partial charge in [-0.3, -0.25) is 0 Å². The number of nitrogens with zero attached hydrogens (tertiary/aromatic N) is 2. The summed E-state index contributed by atoms with van der Waals surface area (Å²) in [6.07, 6.45) is 4.74. The normalized spacial score (nSPS) is 13.7. The summed E-state index contributed by atoms with van der Waals surface area (Å²) in [4.78, 5) is 8.44. The Labute approximate surface area is 105 Å². The molecule has 1 aromatic heterocycles. The average molecular weight is 319 g/mol. The van der Waals surface area contributed by atoms with Gasteiger partial charge in [-0.15, -0.1) is 0 Å². The van der Waals surface area contributed by atoms with Crippen molar-refractivity contribution in [2.75, 3.05) is 5.32 Å². The maximum Gasteiger partial charge on any atom is 0.222 e. The molecule has 1 atom stereocenters. The van der Waals surface area contributed by atoms with Crippen LogP contribution >= 0.6 is 22.6 Å². The second-order valence-corrected chi connectivity index (χ2v) is 6.28. The van der Waals surface area contributed by atoms with Gasteiger partial charge in [0, 0.05) is 22.0 Å². The van der Waals surface area contributed by atoms with E-state index in [4.69, 9.17) is 0 Å². The Kier molecular flexibility index (Phi) is 4.31. The van der Waals surface area contributed by atoms with Crippen molar-refractivity contribution in [1.82, 2.24) is 9.97 Å². The first-order chi connectivity index (χ1) is 6.87. The number of nitrogens with one attached hydrogen (secondary N) is 1. The first-order valence-electron chi connectivity index (χ1n) is 5.11. The van der Waals surface area contributed by atoms with Crippen LogP contribution in [-0.2, 0) is 0 Å². The molecular weight excluding hydrogens is 301 g/mol. The van der Waals surface area contributed by atoms with Crippen LogP contribution in [0.4, 0.5) is 5.95 Å². The van der Waals surface area contributed by atoms with Crippen molar-refractivity contribution in [3.8, 4) is 0 Å². The van der Waals surface area contributed by atoms with Crippen LogP contribution in [0.1, 0.15) is 34.1 Å². The highest BCUT2D eigenvalue weighted by molar-refractivity contribution is 14.1. The molecule has 0 aromatic carbocycles. The number of hydrogen-bond acceptors (Lipinski definition) is 3. The van der Waals surface area contributed by atoms with E-state index in [9.17, 15) is 0 Å². The highest BCUT2D eigenvalue weighted by Crippen LogP contribution is 2.21. The van der Waals surface area contributed by atoms with Gasteiger partial charge in [0.2, 0.25) is 5.95 Å². The fourth-order valence-electron chi connectivity index (χ4n) is 1.58. The molecule has 1 N–H and O–H groups in total. The molecule has 0 bridgehead atoms. The minimum Gasteiger partial charge on any atom is -0.352 e. The molecule has 0 aliphatic rings.